The topological polar surface area (TPSA) is 41.6 Å². The lowest BCUT2D eigenvalue weighted by atomic mass is 10.1. The molecule has 2 rings (SSSR count). The van der Waals surface area contributed by atoms with Gasteiger partial charge in [-0.25, -0.2) is 0 Å². The van der Waals surface area contributed by atoms with E-state index in [1.807, 2.05) is 17.0 Å². The zero-order valence-electron chi connectivity index (χ0n) is 13.1. The van der Waals surface area contributed by atoms with Crippen molar-refractivity contribution < 1.29 is 9.53 Å². The van der Waals surface area contributed by atoms with Crippen LogP contribution in [-0.4, -0.2) is 50.2 Å². The number of rotatable bonds is 7. The molecule has 1 aliphatic heterocycles. The molecule has 1 fully saturated rings. The molecule has 1 atom stereocenters. The minimum Gasteiger partial charge on any atom is -0.383 e. The third-order valence-electron chi connectivity index (χ3n) is 3.96. The van der Waals surface area contributed by atoms with Gasteiger partial charge in [-0.2, -0.15) is 0 Å². The highest BCUT2D eigenvalue weighted by atomic mass is 16.5. The van der Waals surface area contributed by atoms with Crippen molar-refractivity contribution in [2.24, 2.45) is 0 Å². The van der Waals surface area contributed by atoms with Crippen molar-refractivity contribution in [2.75, 3.05) is 33.4 Å². The summed E-state index contributed by atoms with van der Waals surface area (Å²) in [5.74, 6) is 0.186. The van der Waals surface area contributed by atoms with Crippen LogP contribution in [0.1, 0.15) is 24.0 Å². The molecule has 0 bridgehead atoms. The summed E-state index contributed by atoms with van der Waals surface area (Å²) in [7, 11) is 1.68. The Kier molecular flexibility index (Phi) is 6.21. The maximum Gasteiger partial charge on any atom is 0.227 e. The van der Waals surface area contributed by atoms with Crippen molar-refractivity contribution in [2.45, 2.75) is 32.2 Å². The van der Waals surface area contributed by atoms with Crippen LogP contribution in [0.25, 0.3) is 0 Å². The minimum atomic E-state index is 0.186. The molecule has 1 aliphatic rings. The summed E-state index contributed by atoms with van der Waals surface area (Å²) in [5.41, 5.74) is 2.28. The van der Waals surface area contributed by atoms with Crippen LogP contribution in [0.5, 0.6) is 0 Å². The van der Waals surface area contributed by atoms with E-state index in [1.165, 1.54) is 12.0 Å². The molecule has 0 aromatic heterocycles. The Balaban J connectivity index is 1.95. The molecule has 1 aromatic carbocycles. The Morgan fingerprint density at radius 1 is 1.48 bits per heavy atom. The summed E-state index contributed by atoms with van der Waals surface area (Å²) in [6.07, 6.45) is 2.83. The molecule has 4 heteroatoms. The van der Waals surface area contributed by atoms with Gasteiger partial charge in [-0.3, -0.25) is 4.79 Å². The van der Waals surface area contributed by atoms with Gasteiger partial charge in [0.15, 0.2) is 0 Å². The van der Waals surface area contributed by atoms with Gasteiger partial charge in [-0.15, -0.1) is 0 Å². The van der Waals surface area contributed by atoms with Crippen molar-refractivity contribution in [3.8, 4) is 0 Å². The summed E-state index contributed by atoms with van der Waals surface area (Å²) >= 11 is 0. The number of hydrogen-bond acceptors (Lipinski definition) is 3. The second-order valence-electron chi connectivity index (χ2n) is 5.79. The van der Waals surface area contributed by atoms with Crippen molar-refractivity contribution >= 4 is 5.91 Å². The number of methoxy groups -OCH3 is 1. The van der Waals surface area contributed by atoms with Crippen LogP contribution in [0, 0.1) is 6.92 Å². The standard InChI is InChI=1S/C17H26N2O2/c1-14-5-3-6-15(11-14)12-17(20)19(9-10-21-2)13-16-7-4-8-18-16/h3,5-6,11,16,18H,4,7-10,12-13H2,1-2H3. The Morgan fingerprint density at radius 2 is 2.33 bits per heavy atom. The highest BCUT2D eigenvalue weighted by Gasteiger charge is 2.21. The molecule has 1 saturated heterocycles. The summed E-state index contributed by atoms with van der Waals surface area (Å²) in [4.78, 5) is 14.5. The molecule has 1 heterocycles. The van der Waals surface area contributed by atoms with Gasteiger partial charge in [0, 0.05) is 26.2 Å². The van der Waals surface area contributed by atoms with E-state index in [2.05, 4.69) is 24.4 Å². The summed E-state index contributed by atoms with van der Waals surface area (Å²) < 4.78 is 5.14. The normalized spacial score (nSPS) is 17.9. The number of ether oxygens (including phenoxy) is 1. The molecule has 0 radical (unpaired) electrons. The lowest BCUT2D eigenvalue weighted by Gasteiger charge is -2.26. The number of carbonyl (C=O) groups is 1. The second-order valence-corrected chi connectivity index (χ2v) is 5.79. The first kappa shape index (κ1) is 16.0. The number of aryl methyl sites for hydroxylation is 1. The monoisotopic (exact) mass is 290 g/mol. The summed E-state index contributed by atoms with van der Waals surface area (Å²) in [6, 6.07) is 8.60. The van der Waals surface area contributed by atoms with E-state index >= 15 is 0 Å². The van der Waals surface area contributed by atoms with Crippen molar-refractivity contribution in [1.29, 1.82) is 0 Å². The Hall–Kier alpha value is -1.39. The average molecular weight is 290 g/mol. The van der Waals surface area contributed by atoms with E-state index in [0.29, 0.717) is 25.6 Å². The van der Waals surface area contributed by atoms with Gasteiger partial charge >= 0.3 is 0 Å². The fraction of sp³-hybridized carbons (Fsp3) is 0.588. The minimum absolute atomic E-state index is 0.186. The quantitative estimate of drug-likeness (QED) is 0.832. The summed E-state index contributed by atoms with van der Waals surface area (Å²) in [6.45, 7) is 5.16. The summed E-state index contributed by atoms with van der Waals surface area (Å²) in [5, 5.41) is 3.46. The van der Waals surface area contributed by atoms with E-state index < -0.39 is 0 Å². The van der Waals surface area contributed by atoms with E-state index in [-0.39, 0.29) is 5.91 Å². The maximum absolute atomic E-state index is 12.6. The Morgan fingerprint density at radius 3 is 3.00 bits per heavy atom. The van der Waals surface area contributed by atoms with Gasteiger partial charge in [-0.1, -0.05) is 29.8 Å². The SMILES string of the molecule is COCCN(CC1CCCN1)C(=O)Cc1cccc(C)c1. The second kappa shape index (κ2) is 8.15. The fourth-order valence-electron chi connectivity index (χ4n) is 2.81. The van der Waals surface area contributed by atoms with Gasteiger partial charge < -0.3 is 15.0 Å². The molecule has 0 aliphatic carbocycles. The maximum atomic E-state index is 12.6. The number of hydrogen-bond donors (Lipinski definition) is 1. The van der Waals surface area contributed by atoms with Crippen molar-refractivity contribution in [3.05, 3.63) is 35.4 Å². The molecule has 1 unspecified atom stereocenters. The van der Waals surface area contributed by atoms with Crippen LogP contribution >= 0.6 is 0 Å². The van der Waals surface area contributed by atoms with Gasteiger partial charge in [0.2, 0.25) is 5.91 Å². The average Bonchev–Trinajstić information content (AvgIpc) is 2.96. The number of amides is 1. The number of carbonyl (C=O) groups excluding carboxylic acids is 1. The Bertz CT molecular complexity index is 456. The van der Waals surface area contributed by atoms with Crippen LogP contribution in [0.4, 0.5) is 0 Å². The fourth-order valence-corrected chi connectivity index (χ4v) is 2.81. The Labute approximate surface area is 127 Å². The van der Waals surface area contributed by atoms with E-state index in [9.17, 15) is 4.79 Å². The molecule has 0 spiro atoms. The van der Waals surface area contributed by atoms with Gasteiger partial charge in [0.1, 0.15) is 0 Å². The lowest BCUT2D eigenvalue weighted by Crippen LogP contribution is -2.43. The van der Waals surface area contributed by atoms with Crippen molar-refractivity contribution in [1.82, 2.24) is 10.2 Å². The van der Waals surface area contributed by atoms with Gasteiger partial charge in [0.25, 0.3) is 0 Å². The van der Waals surface area contributed by atoms with E-state index in [1.54, 1.807) is 7.11 Å². The first-order valence-electron chi connectivity index (χ1n) is 7.74. The zero-order chi connectivity index (χ0) is 15.1. The third-order valence-corrected chi connectivity index (χ3v) is 3.96. The molecule has 1 aromatic rings. The molecule has 1 amide bonds. The zero-order valence-corrected chi connectivity index (χ0v) is 13.1. The molecule has 21 heavy (non-hydrogen) atoms. The largest absolute Gasteiger partial charge is 0.383 e. The van der Waals surface area contributed by atoms with Crippen LogP contribution in [0.15, 0.2) is 24.3 Å². The molecule has 4 nitrogen and oxygen atoms in total. The first-order chi connectivity index (χ1) is 10.2. The third kappa shape index (κ3) is 5.14. The molecule has 0 saturated carbocycles. The highest BCUT2D eigenvalue weighted by molar-refractivity contribution is 5.78. The number of nitrogens with one attached hydrogen (secondary N) is 1. The number of nitrogens with zero attached hydrogens (tertiary/aromatic N) is 1. The van der Waals surface area contributed by atoms with Gasteiger partial charge in [-0.05, 0) is 31.9 Å². The van der Waals surface area contributed by atoms with E-state index in [0.717, 1.165) is 25.1 Å². The van der Waals surface area contributed by atoms with Gasteiger partial charge in [0.05, 0.1) is 13.0 Å². The highest BCUT2D eigenvalue weighted by Crippen LogP contribution is 2.10. The van der Waals surface area contributed by atoms with Crippen LogP contribution in [-0.2, 0) is 16.0 Å². The predicted molar refractivity (Wildman–Crippen MR) is 84.4 cm³/mol. The van der Waals surface area contributed by atoms with Crippen LogP contribution in [0.3, 0.4) is 0 Å². The number of benzene rings is 1. The molecular weight excluding hydrogens is 264 g/mol. The molecule has 1 N–H and O–H groups in total. The molecular formula is C17H26N2O2. The lowest BCUT2D eigenvalue weighted by molar-refractivity contribution is -0.131. The molecule has 116 valence electrons. The van der Waals surface area contributed by atoms with Crippen LogP contribution in [0.2, 0.25) is 0 Å². The van der Waals surface area contributed by atoms with Crippen LogP contribution < -0.4 is 5.32 Å². The predicted octanol–water partition coefficient (Wildman–Crippen LogP) is 1.76. The first-order valence-corrected chi connectivity index (χ1v) is 7.74. The van der Waals surface area contributed by atoms with Crippen molar-refractivity contribution in [3.63, 3.8) is 0 Å². The smallest absolute Gasteiger partial charge is 0.227 e. The van der Waals surface area contributed by atoms with E-state index in [4.69, 9.17) is 4.74 Å².